The molecule has 0 saturated carbocycles. The molecule has 0 rings (SSSR count). The maximum atomic E-state index is 13.1. The quantitative estimate of drug-likeness (QED) is 0.133. The molecule has 0 aromatic heterocycles. The molecule has 242 valence electrons. The van der Waals surface area contributed by atoms with Gasteiger partial charge in [-0.25, -0.2) is 4.79 Å². The van der Waals surface area contributed by atoms with Gasteiger partial charge in [0.15, 0.2) is 0 Å². The minimum Gasteiger partial charge on any atom is -0.481 e. The van der Waals surface area contributed by atoms with Gasteiger partial charge in [-0.2, -0.15) is 0 Å². The zero-order valence-electron chi connectivity index (χ0n) is 27.4. The summed E-state index contributed by atoms with van der Waals surface area (Å²) in [5.41, 5.74) is 1.94. The molecule has 0 aromatic carbocycles. The number of hydrogen-bond donors (Lipinski definition) is 3. The lowest BCUT2D eigenvalue weighted by atomic mass is 9.88. The number of likely N-dealkylation sites (N-methyl/N-ethyl adjacent to an activating group) is 1. The number of nitrogens with zero attached hydrogens (tertiary/aromatic N) is 1. The van der Waals surface area contributed by atoms with Gasteiger partial charge in [0.2, 0.25) is 11.8 Å². The number of hydrogen-bond acceptors (Lipinski definition) is 7. The minimum absolute atomic E-state index is 0.0223. The first kappa shape index (κ1) is 39.1. The van der Waals surface area contributed by atoms with Crippen molar-refractivity contribution in [2.24, 2.45) is 17.3 Å². The van der Waals surface area contributed by atoms with Gasteiger partial charge in [0.25, 0.3) is 0 Å². The summed E-state index contributed by atoms with van der Waals surface area (Å²) in [6.07, 6.45) is 3.43. The Labute approximate surface area is 256 Å². The molecule has 3 N–H and O–H groups in total. The molecule has 11 nitrogen and oxygen atoms in total. The number of carboxylic acid groups (broad SMARTS) is 1. The highest BCUT2D eigenvalue weighted by Gasteiger charge is 2.33. The highest BCUT2D eigenvalue weighted by molar-refractivity contribution is 5.92. The Hall–Kier alpha value is -3.89. The molecule has 0 bridgehead atoms. The lowest BCUT2D eigenvalue weighted by Gasteiger charge is -2.32. The van der Waals surface area contributed by atoms with Crippen LogP contribution in [-0.4, -0.2) is 78.2 Å². The van der Waals surface area contributed by atoms with Crippen molar-refractivity contribution in [1.29, 1.82) is 0 Å². The fraction of sp³-hybridized carbons (Fsp3) is 0.594. The molecule has 0 aliphatic carbocycles. The smallest absolute Gasteiger partial charge is 0.408 e. The zero-order valence-corrected chi connectivity index (χ0v) is 27.4. The number of alkyl carbamates (subject to hydrolysis) is 1. The molecule has 0 aliphatic heterocycles. The Morgan fingerprint density at radius 2 is 1.63 bits per heavy atom. The minimum atomic E-state index is -1.05. The van der Waals surface area contributed by atoms with E-state index in [0.717, 1.165) is 5.57 Å². The third kappa shape index (κ3) is 14.7. The summed E-state index contributed by atoms with van der Waals surface area (Å²) in [7, 11) is 1.44. The van der Waals surface area contributed by atoms with Crippen molar-refractivity contribution in [3.63, 3.8) is 0 Å². The van der Waals surface area contributed by atoms with Gasteiger partial charge in [-0.05, 0) is 37.7 Å². The number of rotatable bonds is 16. The SMILES string of the molecule is C=CCOC(=O)N[C@@H](C)C(=O)N(C)[C@H](C(=O)NCC(=O)O[C@H](/C(C)=C/C(C)=C/C(C)(C)C)[C@@H](C)C(=C)CC(=O)O)C(C)C. The van der Waals surface area contributed by atoms with Crippen molar-refractivity contribution in [2.45, 2.75) is 86.9 Å². The van der Waals surface area contributed by atoms with Crippen LogP contribution in [0.2, 0.25) is 0 Å². The third-order valence-corrected chi connectivity index (χ3v) is 6.41. The number of ether oxygens (including phenoxy) is 2. The standard InChI is InChI=1S/C32H51N3O8/c1-13-14-42-31(41)34-24(8)30(40)35(12)27(19(2)3)29(39)33-18-26(38)43-28(23(7)21(5)16-25(36)37)22(6)15-20(4)17-32(9,10)11/h13,15,17,19,23-24,27-28H,1,5,14,16,18H2,2-4,6-12H3,(H,33,39)(H,34,41)(H,36,37)/b20-17+,22-15+/t23-,24-,27-,28+/m0/s1. The van der Waals surface area contributed by atoms with Gasteiger partial charge >= 0.3 is 18.0 Å². The Morgan fingerprint density at radius 3 is 2.12 bits per heavy atom. The topological polar surface area (TPSA) is 151 Å². The number of amides is 3. The van der Waals surface area contributed by atoms with Crippen molar-refractivity contribution in [1.82, 2.24) is 15.5 Å². The fourth-order valence-corrected chi connectivity index (χ4v) is 4.55. The Kier molecular flexibility index (Phi) is 16.3. The molecular formula is C32H51N3O8. The summed E-state index contributed by atoms with van der Waals surface area (Å²) in [6.45, 7) is 23.4. The van der Waals surface area contributed by atoms with Crippen molar-refractivity contribution >= 4 is 29.8 Å². The van der Waals surface area contributed by atoms with Crippen LogP contribution in [0.15, 0.2) is 48.1 Å². The number of carbonyl (C=O) groups excluding carboxylic acids is 4. The number of nitrogens with one attached hydrogen (secondary N) is 2. The van der Waals surface area contributed by atoms with Gasteiger partial charge in [-0.1, -0.05) is 84.1 Å². The molecule has 0 aromatic rings. The number of allylic oxidation sites excluding steroid dienone is 3. The normalized spacial score (nSPS) is 15.0. The monoisotopic (exact) mass is 605 g/mol. The van der Waals surface area contributed by atoms with E-state index in [2.05, 4.69) is 50.6 Å². The van der Waals surface area contributed by atoms with E-state index in [4.69, 9.17) is 9.47 Å². The van der Waals surface area contributed by atoms with Gasteiger partial charge in [-0.15, -0.1) is 0 Å². The predicted molar refractivity (Wildman–Crippen MR) is 166 cm³/mol. The molecule has 4 atom stereocenters. The van der Waals surface area contributed by atoms with Gasteiger partial charge in [0.05, 0.1) is 6.42 Å². The van der Waals surface area contributed by atoms with Gasteiger partial charge in [-0.3, -0.25) is 19.2 Å². The Morgan fingerprint density at radius 1 is 1.05 bits per heavy atom. The molecule has 0 unspecified atom stereocenters. The second-order valence-electron chi connectivity index (χ2n) is 12.2. The Balaban J connectivity index is 5.75. The molecule has 3 amide bonds. The maximum Gasteiger partial charge on any atom is 0.408 e. The fourth-order valence-electron chi connectivity index (χ4n) is 4.55. The van der Waals surface area contributed by atoms with Crippen LogP contribution in [0.3, 0.4) is 0 Å². The van der Waals surface area contributed by atoms with Crippen LogP contribution < -0.4 is 10.6 Å². The molecule has 0 fully saturated rings. The summed E-state index contributed by atoms with van der Waals surface area (Å²) in [5, 5.41) is 14.2. The average Bonchev–Trinajstić information content (AvgIpc) is 2.86. The summed E-state index contributed by atoms with van der Waals surface area (Å²) >= 11 is 0. The molecule has 43 heavy (non-hydrogen) atoms. The largest absolute Gasteiger partial charge is 0.481 e. The summed E-state index contributed by atoms with van der Waals surface area (Å²) < 4.78 is 10.6. The van der Waals surface area contributed by atoms with E-state index in [0.29, 0.717) is 11.1 Å². The van der Waals surface area contributed by atoms with Crippen molar-refractivity contribution in [3.05, 3.63) is 48.1 Å². The lowest BCUT2D eigenvalue weighted by Crippen LogP contribution is -2.55. The van der Waals surface area contributed by atoms with Crippen LogP contribution in [-0.2, 0) is 28.7 Å². The van der Waals surface area contributed by atoms with Crippen LogP contribution in [0, 0.1) is 17.3 Å². The number of esters is 1. The van der Waals surface area contributed by atoms with E-state index in [-0.39, 0.29) is 24.4 Å². The van der Waals surface area contributed by atoms with Crippen LogP contribution in [0.5, 0.6) is 0 Å². The van der Waals surface area contributed by atoms with Gasteiger partial charge in [0, 0.05) is 13.0 Å². The van der Waals surface area contributed by atoms with E-state index < -0.39 is 60.5 Å². The lowest BCUT2D eigenvalue weighted by molar-refractivity contribution is -0.149. The van der Waals surface area contributed by atoms with Crippen molar-refractivity contribution in [2.75, 3.05) is 20.2 Å². The molecule has 0 spiro atoms. The van der Waals surface area contributed by atoms with Crippen LogP contribution in [0.25, 0.3) is 0 Å². The van der Waals surface area contributed by atoms with E-state index in [9.17, 15) is 29.1 Å². The zero-order chi connectivity index (χ0) is 33.7. The summed E-state index contributed by atoms with van der Waals surface area (Å²) in [5.74, 6) is -3.75. The van der Waals surface area contributed by atoms with Crippen LogP contribution >= 0.6 is 0 Å². The highest BCUT2D eigenvalue weighted by atomic mass is 16.6. The van der Waals surface area contributed by atoms with Gasteiger partial charge < -0.3 is 30.1 Å². The Bertz CT molecular complexity index is 1100. The predicted octanol–water partition coefficient (Wildman–Crippen LogP) is 4.40. The van der Waals surface area contributed by atoms with Crippen LogP contribution in [0.1, 0.15) is 68.7 Å². The number of aliphatic carboxylic acids is 1. The third-order valence-electron chi connectivity index (χ3n) is 6.41. The highest BCUT2D eigenvalue weighted by Crippen LogP contribution is 2.27. The molecule has 0 heterocycles. The van der Waals surface area contributed by atoms with E-state index >= 15 is 0 Å². The molecule has 0 saturated heterocycles. The van der Waals surface area contributed by atoms with Crippen molar-refractivity contribution in [3.8, 4) is 0 Å². The number of carboxylic acids is 1. The van der Waals surface area contributed by atoms with Crippen molar-refractivity contribution < 1.29 is 38.6 Å². The second kappa shape index (κ2) is 17.9. The second-order valence-corrected chi connectivity index (χ2v) is 12.2. The first-order chi connectivity index (χ1) is 19.7. The molecular weight excluding hydrogens is 554 g/mol. The number of carbonyl (C=O) groups is 5. The van der Waals surface area contributed by atoms with E-state index in [1.54, 1.807) is 27.7 Å². The summed E-state index contributed by atoms with van der Waals surface area (Å²) in [6, 6.07) is -1.93. The first-order valence-electron chi connectivity index (χ1n) is 14.3. The van der Waals surface area contributed by atoms with E-state index in [1.807, 2.05) is 13.0 Å². The first-order valence-corrected chi connectivity index (χ1v) is 14.3. The molecule has 0 aliphatic rings. The van der Waals surface area contributed by atoms with E-state index in [1.165, 1.54) is 24.9 Å². The van der Waals surface area contributed by atoms with Crippen LogP contribution in [0.4, 0.5) is 4.79 Å². The molecule has 0 radical (unpaired) electrons. The molecule has 11 heteroatoms. The summed E-state index contributed by atoms with van der Waals surface area (Å²) in [4.78, 5) is 63.4. The van der Waals surface area contributed by atoms with Gasteiger partial charge in [0.1, 0.15) is 31.3 Å². The average molecular weight is 606 g/mol. The maximum absolute atomic E-state index is 13.1.